The molecule has 19 heavy (non-hydrogen) atoms. The van der Waals surface area contributed by atoms with Gasteiger partial charge >= 0.3 is 0 Å². The lowest BCUT2D eigenvalue weighted by Crippen LogP contribution is -2.20. The molecule has 1 heterocycles. The smallest absolute Gasteiger partial charge is 0.141 e. The number of benzene rings is 1. The normalized spacial score (nSPS) is 12.6. The van der Waals surface area contributed by atoms with Gasteiger partial charge in [-0.15, -0.1) is 0 Å². The zero-order valence-electron chi connectivity index (χ0n) is 10.8. The van der Waals surface area contributed by atoms with Gasteiger partial charge in [0.15, 0.2) is 0 Å². The van der Waals surface area contributed by atoms with Crippen LogP contribution >= 0.6 is 11.6 Å². The van der Waals surface area contributed by atoms with Crippen LogP contribution in [-0.4, -0.2) is 16.5 Å². The van der Waals surface area contributed by atoms with Crippen LogP contribution in [0.4, 0.5) is 4.39 Å². The number of imidazole rings is 1. The zero-order valence-corrected chi connectivity index (χ0v) is 11.5. The van der Waals surface area contributed by atoms with Crippen LogP contribution in [0.5, 0.6) is 0 Å². The summed E-state index contributed by atoms with van der Waals surface area (Å²) in [5.41, 5.74) is 0.990. The topological polar surface area (TPSA) is 40.7 Å². The van der Waals surface area contributed by atoms with Crippen molar-refractivity contribution in [2.24, 2.45) is 0 Å². The summed E-state index contributed by atoms with van der Waals surface area (Å²) in [6.07, 6.45) is 5.49. The van der Waals surface area contributed by atoms with Gasteiger partial charge in [0.25, 0.3) is 0 Å². The van der Waals surface area contributed by atoms with E-state index in [-0.39, 0.29) is 16.9 Å². The molecule has 102 valence electrons. The van der Waals surface area contributed by atoms with Crippen molar-refractivity contribution in [3.8, 4) is 0 Å². The number of aromatic amines is 1. The van der Waals surface area contributed by atoms with Crippen molar-refractivity contribution >= 4 is 11.6 Å². The highest BCUT2D eigenvalue weighted by atomic mass is 35.5. The number of nitrogens with one attached hydrogen (secondary N) is 2. The second-order valence-corrected chi connectivity index (χ2v) is 4.90. The van der Waals surface area contributed by atoms with Gasteiger partial charge < -0.3 is 10.3 Å². The van der Waals surface area contributed by atoms with E-state index in [1.165, 1.54) is 6.07 Å². The Kier molecular flexibility index (Phi) is 4.93. The Hall–Kier alpha value is -1.39. The Labute approximate surface area is 117 Å². The molecule has 0 aliphatic carbocycles. The lowest BCUT2D eigenvalue weighted by atomic mass is 10.1. The van der Waals surface area contributed by atoms with Gasteiger partial charge in [-0.2, -0.15) is 0 Å². The molecular weight excluding hydrogens is 265 g/mol. The third-order valence-electron chi connectivity index (χ3n) is 3.04. The molecule has 3 nitrogen and oxygen atoms in total. The van der Waals surface area contributed by atoms with Crippen LogP contribution in [0.25, 0.3) is 0 Å². The average molecular weight is 282 g/mol. The van der Waals surface area contributed by atoms with E-state index in [9.17, 15) is 4.39 Å². The van der Waals surface area contributed by atoms with Gasteiger partial charge in [-0.05, 0) is 37.6 Å². The van der Waals surface area contributed by atoms with E-state index in [0.717, 1.165) is 30.8 Å². The molecule has 0 bridgehead atoms. The molecule has 0 amide bonds. The van der Waals surface area contributed by atoms with Crippen molar-refractivity contribution in [2.45, 2.75) is 25.8 Å². The Morgan fingerprint density at radius 1 is 1.47 bits per heavy atom. The molecule has 0 saturated heterocycles. The van der Waals surface area contributed by atoms with Crippen molar-refractivity contribution in [2.75, 3.05) is 6.54 Å². The number of H-pyrrole nitrogens is 1. The van der Waals surface area contributed by atoms with Gasteiger partial charge in [-0.3, -0.25) is 0 Å². The second kappa shape index (κ2) is 6.68. The Morgan fingerprint density at radius 3 is 3.00 bits per heavy atom. The number of rotatable bonds is 6. The average Bonchev–Trinajstić information content (AvgIpc) is 2.91. The summed E-state index contributed by atoms with van der Waals surface area (Å²) >= 11 is 5.77. The predicted octanol–water partition coefficient (Wildman–Crippen LogP) is 3.49. The summed E-state index contributed by atoms with van der Waals surface area (Å²) in [6, 6.07) is 4.97. The van der Waals surface area contributed by atoms with E-state index in [1.807, 2.05) is 13.1 Å². The van der Waals surface area contributed by atoms with Crippen LogP contribution in [-0.2, 0) is 6.42 Å². The summed E-state index contributed by atoms with van der Waals surface area (Å²) in [7, 11) is 0. The summed E-state index contributed by atoms with van der Waals surface area (Å²) < 4.78 is 13.1. The molecule has 1 aromatic heterocycles. The fraction of sp³-hybridized carbons (Fsp3) is 0.357. The third kappa shape index (κ3) is 4.04. The molecule has 0 aliphatic heterocycles. The van der Waals surface area contributed by atoms with Gasteiger partial charge in [0, 0.05) is 24.9 Å². The Bertz CT molecular complexity index is 513. The molecule has 1 atom stereocenters. The van der Waals surface area contributed by atoms with Crippen molar-refractivity contribution in [1.29, 1.82) is 0 Å². The van der Waals surface area contributed by atoms with Crippen molar-refractivity contribution in [1.82, 2.24) is 15.3 Å². The molecule has 0 fully saturated rings. The first kappa shape index (κ1) is 14.0. The van der Waals surface area contributed by atoms with E-state index in [2.05, 4.69) is 15.3 Å². The number of aromatic nitrogens is 2. The summed E-state index contributed by atoms with van der Waals surface area (Å²) in [6.45, 7) is 2.91. The zero-order chi connectivity index (χ0) is 13.7. The molecule has 2 N–H and O–H groups in total. The molecule has 0 spiro atoms. The number of hydrogen-bond acceptors (Lipinski definition) is 2. The van der Waals surface area contributed by atoms with E-state index in [0.29, 0.717) is 0 Å². The molecule has 0 aliphatic rings. The standard InChI is InChI=1S/C14H17ClFN3/c1-10(11-4-5-13(16)12(15)9-11)17-6-2-3-14-18-7-8-19-14/h4-5,7-10,17H,2-3,6H2,1H3,(H,18,19). The van der Waals surface area contributed by atoms with E-state index in [4.69, 9.17) is 11.6 Å². The number of halogens is 2. The first-order chi connectivity index (χ1) is 9.16. The lowest BCUT2D eigenvalue weighted by molar-refractivity contribution is 0.553. The summed E-state index contributed by atoms with van der Waals surface area (Å²) in [4.78, 5) is 7.24. The minimum atomic E-state index is -0.379. The van der Waals surface area contributed by atoms with E-state index >= 15 is 0 Å². The number of hydrogen-bond donors (Lipinski definition) is 2. The molecule has 5 heteroatoms. The highest BCUT2D eigenvalue weighted by Crippen LogP contribution is 2.20. The third-order valence-corrected chi connectivity index (χ3v) is 3.33. The fourth-order valence-electron chi connectivity index (χ4n) is 1.91. The van der Waals surface area contributed by atoms with Crippen LogP contribution in [0.15, 0.2) is 30.6 Å². The number of nitrogens with zero attached hydrogens (tertiary/aromatic N) is 1. The number of aryl methyl sites for hydroxylation is 1. The van der Waals surface area contributed by atoms with E-state index in [1.54, 1.807) is 18.3 Å². The maximum absolute atomic E-state index is 13.1. The molecule has 1 unspecified atom stereocenters. The Balaban J connectivity index is 1.77. The maximum Gasteiger partial charge on any atom is 0.141 e. The fourth-order valence-corrected chi connectivity index (χ4v) is 2.10. The Morgan fingerprint density at radius 2 is 2.32 bits per heavy atom. The van der Waals surface area contributed by atoms with Crippen LogP contribution in [0.1, 0.15) is 30.8 Å². The van der Waals surface area contributed by atoms with Gasteiger partial charge in [0.2, 0.25) is 0 Å². The molecular formula is C14H17ClFN3. The first-order valence-electron chi connectivity index (χ1n) is 6.33. The van der Waals surface area contributed by atoms with Gasteiger partial charge in [-0.25, -0.2) is 9.37 Å². The van der Waals surface area contributed by atoms with E-state index < -0.39 is 0 Å². The van der Waals surface area contributed by atoms with Crippen molar-refractivity contribution in [3.63, 3.8) is 0 Å². The van der Waals surface area contributed by atoms with Crippen LogP contribution in [0.3, 0.4) is 0 Å². The molecule has 0 saturated carbocycles. The minimum absolute atomic E-state index is 0.148. The quantitative estimate of drug-likeness (QED) is 0.796. The largest absolute Gasteiger partial charge is 0.349 e. The van der Waals surface area contributed by atoms with Crippen LogP contribution in [0, 0.1) is 5.82 Å². The monoisotopic (exact) mass is 281 g/mol. The lowest BCUT2D eigenvalue weighted by Gasteiger charge is -2.14. The van der Waals surface area contributed by atoms with Crippen molar-refractivity contribution in [3.05, 3.63) is 52.8 Å². The van der Waals surface area contributed by atoms with Crippen molar-refractivity contribution < 1.29 is 4.39 Å². The molecule has 2 rings (SSSR count). The van der Waals surface area contributed by atoms with Gasteiger partial charge in [-0.1, -0.05) is 17.7 Å². The first-order valence-corrected chi connectivity index (χ1v) is 6.71. The predicted molar refractivity (Wildman–Crippen MR) is 74.7 cm³/mol. The highest BCUT2D eigenvalue weighted by Gasteiger charge is 2.07. The molecule has 2 aromatic rings. The summed E-state index contributed by atoms with van der Waals surface area (Å²) in [5, 5.41) is 3.55. The van der Waals surface area contributed by atoms with Crippen LogP contribution < -0.4 is 5.32 Å². The van der Waals surface area contributed by atoms with Crippen LogP contribution in [0.2, 0.25) is 5.02 Å². The SMILES string of the molecule is CC(NCCCc1ncc[nH]1)c1ccc(F)c(Cl)c1. The molecule has 1 aromatic carbocycles. The second-order valence-electron chi connectivity index (χ2n) is 4.49. The highest BCUT2D eigenvalue weighted by molar-refractivity contribution is 6.30. The molecule has 0 radical (unpaired) electrons. The summed E-state index contributed by atoms with van der Waals surface area (Å²) in [5.74, 6) is 0.620. The van der Waals surface area contributed by atoms with Gasteiger partial charge in [0.05, 0.1) is 5.02 Å². The maximum atomic E-state index is 13.1. The van der Waals surface area contributed by atoms with Gasteiger partial charge in [0.1, 0.15) is 11.6 Å². The minimum Gasteiger partial charge on any atom is -0.349 e.